The lowest BCUT2D eigenvalue weighted by Gasteiger charge is -2.03. The molecule has 108 valence electrons. The first-order valence-corrected chi connectivity index (χ1v) is 7.12. The second kappa shape index (κ2) is 6.89. The molecule has 0 radical (unpaired) electrons. The zero-order valence-electron chi connectivity index (χ0n) is 12.7. The number of carbonyl (C=O) groups is 1. The van der Waals surface area contributed by atoms with Gasteiger partial charge in [-0.25, -0.2) is 0 Å². The SMILES string of the molecule is CCOc1cccc(/C=C/C(=O)c2ccc(C)c(C)c2)c1. The van der Waals surface area contributed by atoms with E-state index in [2.05, 4.69) is 0 Å². The quantitative estimate of drug-likeness (QED) is 0.591. The Morgan fingerprint density at radius 3 is 2.62 bits per heavy atom. The molecule has 0 fully saturated rings. The highest BCUT2D eigenvalue weighted by Gasteiger charge is 2.03. The molecule has 2 heteroatoms. The van der Waals surface area contributed by atoms with E-state index in [4.69, 9.17) is 4.74 Å². The molecule has 0 N–H and O–H groups in total. The van der Waals surface area contributed by atoms with Gasteiger partial charge in [0.1, 0.15) is 5.75 Å². The zero-order chi connectivity index (χ0) is 15.2. The number of benzene rings is 2. The van der Waals surface area contributed by atoms with Gasteiger partial charge in [-0.15, -0.1) is 0 Å². The fourth-order valence-electron chi connectivity index (χ4n) is 2.04. The van der Waals surface area contributed by atoms with Crippen LogP contribution in [-0.2, 0) is 0 Å². The van der Waals surface area contributed by atoms with E-state index in [1.807, 2.05) is 69.3 Å². The van der Waals surface area contributed by atoms with Gasteiger partial charge in [0.25, 0.3) is 0 Å². The van der Waals surface area contributed by atoms with Crippen LogP contribution in [0.15, 0.2) is 48.5 Å². The lowest BCUT2D eigenvalue weighted by molar-refractivity contribution is 0.104. The van der Waals surface area contributed by atoms with Crippen molar-refractivity contribution >= 4 is 11.9 Å². The first kappa shape index (κ1) is 15.0. The summed E-state index contributed by atoms with van der Waals surface area (Å²) in [6.07, 6.45) is 3.43. The van der Waals surface area contributed by atoms with Crippen LogP contribution in [0.25, 0.3) is 6.08 Å². The van der Waals surface area contributed by atoms with Gasteiger partial charge < -0.3 is 4.74 Å². The van der Waals surface area contributed by atoms with Gasteiger partial charge in [0, 0.05) is 5.56 Å². The third kappa shape index (κ3) is 4.06. The normalized spacial score (nSPS) is 10.8. The third-order valence-corrected chi connectivity index (χ3v) is 3.39. The van der Waals surface area contributed by atoms with E-state index in [1.165, 1.54) is 5.56 Å². The number of allylic oxidation sites excluding steroid dienone is 1. The Kier molecular flexibility index (Phi) is 4.94. The predicted molar refractivity (Wildman–Crippen MR) is 86.9 cm³/mol. The Labute approximate surface area is 126 Å². The van der Waals surface area contributed by atoms with E-state index in [9.17, 15) is 4.79 Å². The van der Waals surface area contributed by atoms with Crippen molar-refractivity contribution in [3.8, 4) is 5.75 Å². The Morgan fingerprint density at radius 2 is 1.90 bits per heavy atom. The van der Waals surface area contributed by atoms with Crippen molar-refractivity contribution in [2.75, 3.05) is 6.61 Å². The van der Waals surface area contributed by atoms with Crippen LogP contribution < -0.4 is 4.74 Å². The molecule has 2 aromatic carbocycles. The first-order valence-electron chi connectivity index (χ1n) is 7.12. The molecule has 0 heterocycles. The molecular weight excluding hydrogens is 260 g/mol. The Bertz CT molecular complexity index is 669. The molecule has 0 aliphatic heterocycles. The summed E-state index contributed by atoms with van der Waals surface area (Å²) in [7, 11) is 0. The number of hydrogen-bond donors (Lipinski definition) is 0. The average Bonchev–Trinajstić information content (AvgIpc) is 2.48. The van der Waals surface area contributed by atoms with Gasteiger partial charge in [-0.3, -0.25) is 4.79 Å². The van der Waals surface area contributed by atoms with Crippen LogP contribution >= 0.6 is 0 Å². The van der Waals surface area contributed by atoms with E-state index in [0.717, 1.165) is 22.4 Å². The lowest BCUT2D eigenvalue weighted by Crippen LogP contribution is -1.96. The van der Waals surface area contributed by atoms with Gasteiger partial charge in [0.2, 0.25) is 0 Å². The number of aryl methyl sites for hydroxylation is 2. The van der Waals surface area contributed by atoms with Gasteiger partial charge in [-0.05, 0) is 61.7 Å². The predicted octanol–water partition coefficient (Wildman–Crippen LogP) is 4.60. The third-order valence-electron chi connectivity index (χ3n) is 3.39. The summed E-state index contributed by atoms with van der Waals surface area (Å²) in [5, 5.41) is 0. The van der Waals surface area contributed by atoms with Crippen molar-refractivity contribution < 1.29 is 9.53 Å². The van der Waals surface area contributed by atoms with E-state index in [-0.39, 0.29) is 5.78 Å². The summed E-state index contributed by atoms with van der Waals surface area (Å²) in [6, 6.07) is 13.5. The Morgan fingerprint density at radius 1 is 1.10 bits per heavy atom. The highest BCUT2D eigenvalue weighted by Crippen LogP contribution is 2.15. The molecule has 2 nitrogen and oxygen atoms in total. The molecule has 0 aliphatic carbocycles. The van der Waals surface area contributed by atoms with Crippen LogP contribution in [0.5, 0.6) is 5.75 Å². The topological polar surface area (TPSA) is 26.3 Å². The number of ketones is 1. The minimum atomic E-state index is 0.0138. The largest absolute Gasteiger partial charge is 0.494 e. The second-order valence-electron chi connectivity index (χ2n) is 5.00. The van der Waals surface area contributed by atoms with E-state index >= 15 is 0 Å². The molecule has 0 spiro atoms. The van der Waals surface area contributed by atoms with Crippen LogP contribution in [0, 0.1) is 13.8 Å². The van der Waals surface area contributed by atoms with Gasteiger partial charge in [-0.1, -0.05) is 30.3 Å². The van der Waals surface area contributed by atoms with Gasteiger partial charge in [0.15, 0.2) is 5.78 Å². The molecule has 0 saturated heterocycles. The number of ether oxygens (including phenoxy) is 1. The second-order valence-corrected chi connectivity index (χ2v) is 5.00. The monoisotopic (exact) mass is 280 g/mol. The zero-order valence-corrected chi connectivity index (χ0v) is 12.7. The maximum Gasteiger partial charge on any atom is 0.185 e. The maximum absolute atomic E-state index is 12.2. The number of rotatable bonds is 5. The number of carbonyl (C=O) groups excluding carboxylic acids is 1. The summed E-state index contributed by atoms with van der Waals surface area (Å²) in [6.45, 7) is 6.64. The molecule has 0 unspecified atom stereocenters. The van der Waals surface area contributed by atoms with Gasteiger partial charge in [0.05, 0.1) is 6.61 Å². The Hall–Kier alpha value is -2.35. The van der Waals surface area contributed by atoms with Crippen LogP contribution in [0.1, 0.15) is 34.0 Å². The fraction of sp³-hybridized carbons (Fsp3) is 0.211. The molecule has 21 heavy (non-hydrogen) atoms. The van der Waals surface area contributed by atoms with Crippen molar-refractivity contribution in [3.05, 3.63) is 70.8 Å². The van der Waals surface area contributed by atoms with Crippen LogP contribution in [-0.4, -0.2) is 12.4 Å². The van der Waals surface area contributed by atoms with Gasteiger partial charge in [-0.2, -0.15) is 0 Å². The highest BCUT2D eigenvalue weighted by molar-refractivity contribution is 6.06. The summed E-state index contributed by atoms with van der Waals surface area (Å²) in [5.41, 5.74) is 4.00. The van der Waals surface area contributed by atoms with Crippen molar-refractivity contribution in [1.29, 1.82) is 0 Å². The smallest absolute Gasteiger partial charge is 0.185 e. The minimum absolute atomic E-state index is 0.0138. The summed E-state index contributed by atoms with van der Waals surface area (Å²) in [4.78, 5) is 12.2. The average molecular weight is 280 g/mol. The maximum atomic E-state index is 12.2. The molecule has 0 saturated carbocycles. The first-order chi connectivity index (χ1) is 10.1. The number of hydrogen-bond acceptors (Lipinski definition) is 2. The van der Waals surface area contributed by atoms with Crippen molar-refractivity contribution in [2.45, 2.75) is 20.8 Å². The highest BCUT2D eigenvalue weighted by atomic mass is 16.5. The molecular formula is C19H20O2. The molecule has 0 bridgehead atoms. The molecule has 0 amide bonds. The van der Waals surface area contributed by atoms with Crippen molar-refractivity contribution in [1.82, 2.24) is 0 Å². The van der Waals surface area contributed by atoms with Crippen molar-refractivity contribution in [2.24, 2.45) is 0 Å². The van der Waals surface area contributed by atoms with Crippen LogP contribution in [0.2, 0.25) is 0 Å². The fourth-order valence-corrected chi connectivity index (χ4v) is 2.04. The van der Waals surface area contributed by atoms with E-state index in [1.54, 1.807) is 6.08 Å². The lowest BCUT2D eigenvalue weighted by atomic mass is 10.0. The molecule has 0 aromatic heterocycles. The molecule has 0 atom stereocenters. The summed E-state index contributed by atoms with van der Waals surface area (Å²) in [5.74, 6) is 0.832. The summed E-state index contributed by atoms with van der Waals surface area (Å²) >= 11 is 0. The molecule has 2 rings (SSSR count). The molecule has 2 aromatic rings. The van der Waals surface area contributed by atoms with E-state index in [0.29, 0.717) is 6.61 Å². The van der Waals surface area contributed by atoms with Crippen LogP contribution in [0.3, 0.4) is 0 Å². The van der Waals surface area contributed by atoms with Crippen LogP contribution in [0.4, 0.5) is 0 Å². The van der Waals surface area contributed by atoms with Crippen molar-refractivity contribution in [3.63, 3.8) is 0 Å². The van der Waals surface area contributed by atoms with Gasteiger partial charge >= 0.3 is 0 Å². The Balaban J connectivity index is 2.14. The molecule has 0 aliphatic rings. The summed E-state index contributed by atoms with van der Waals surface area (Å²) < 4.78 is 5.45. The standard InChI is InChI=1S/C19H20O2/c1-4-21-18-7-5-6-16(13-18)9-11-19(20)17-10-8-14(2)15(3)12-17/h5-13H,4H2,1-3H3/b11-9+. The van der Waals surface area contributed by atoms with E-state index < -0.39 is 0 Å². The minimum Gasteiger partial charge on any atom is -0.494 e.